The van der Waals surface area contributed by atoms with Crippen LogP contribution in [0.4, 0.5) is 0 Å². The zero-order valence-corrected chi connectivity index (χ0v) is 13.7. The summed E-state index contributed by atoms with van der Waals surface area (Å²) in [5.74, 6) is 0. The first-order valence-electron chi connectivity index (χ1n) is 8.36. The molecule has 0 aliphatic carbocycles. The molecule has 0 fully saturated rings. The normalized spacial score (nSPS) is 14.3. The van der Waals surface area contributed by atoms with Gasteiger partial charge in [-0.1, -0.05) is 57.0 Å². The molecule has 0 aliphatic heterocycles. The number of hydrogen-bond acceptors (Lipinski definition) is 3. The first-order chi connectivity index (χ1) is 10.2. The second-order valence-corrected chi connectivity index (χ2v) is 5.90. The van der Waals surface area contributed by atoms with Crippen molar-refractivity contribution in [3.05, 3.63) is 35.9 Å². The summed E-state index contributed by atoms with van der Waals surface area (Å²) in [6.07, 6.45) is 5.55. The number of aliphatic hydroxyl groups is 1. The average molecular weight is 292 g/mol. The van der Waals surface area contributed by atoms with Crippen LogP contribution in [-0.2, 0) is 5.60 Å². The largest absolute Gasteiger partial charge is 0.384 e. The lowest BCUT2D eigenvalue weighted by Gasteiger charge is -2.31. The first-order valence-corrected chi connectivity index (χ1v) is 8.36. The predicted molar refractivity (Wildman–Crippen MR) is 90.3 cm³/mol. The van der Waals surface area contributed by atoms with Crippen LogP contribution in [0.3, 0.4) is 0 Å². The lowest BCUT2D eigenvalue weighted by Crippen LogP contribution is -2.39. The molecule has 0 aromatic heterocycles. The summed E-state index contributed by atoms with van der Waals surface area (Å²) < 4.78 is 0. The molecule has 120 valence electrons. The van der Waals surface area contributed by atoms with Crippen molar-refractivity contribution in [2.75, 3.05) is 26.2 Å². The zero-order chi connectivity index (χ0) is 15.6. The molecule has 0 spiro atoms. The minimum Gasteiger partial charge on any atom is -0.384 e. The van der Waals surface area contributed by atoms with E-state index in [1.165, 1.54) is 25.7 Å². The van der Waals surface area contributed by atoms with Gasteiger partial charge in [0.05, 0.1) is 0 Å². The van der Waals surface area contributed by atoms with E-state index in [2.05, 4.69) is 18.7 Å². The second kappa shape index (κ2) is 9.93. The van der Waals surface area contributed by atoms with Crippen molar-refractivity contribution in [3.63, 3.8) is 0 Å². The minimum atomic E-state index is -0.905. The number of nitrogens with two attached hydrogens (primary N) is 1. The van der Waals surface area contributed by atoms with Crippen LogP contribution >= 0.6 is 0 Å². The number of unbranched alkanes of at least 4 members (excludes halogenated alkanes) is 2. The molecule has 1 aromatic rings. The third-order valence-electron chi connectivity index (χ3n) is 4.15. The Labute approximate surface area is 130 Å². The van der Waals surface area contributed by atoms with Crippen molar-refractivity contribution in [3.8, 4) is 0 Å². The molecule has 1 atom stereocenters. The van der Waals surface area contributed by atoms with Crippen LogP contribution in [-0.4, -0.2) is 36.2 Å². The Morgan fingerprint density at radius 1 is 1.00 bits per heavy atom. The van der Waals surface area contributed by atoms with Gasteiger partial charge in [-0.15, -0.1) is 0 Å². The van der Waals surface area contributed by atoms with Crippen LogP contribution in [0.1, 0.15) is 51.5 Å². The smallest absolute Gasteiger partial charge is 0.103 e. The lowest BCUT2D eigenvalue weighted by atomic mass is 9.90. The fourth-order valence-electron chi connectivity index (χ4n) is 2.55. The van der Waals surface area contributed by atoms with E-state index in [1.54, 1.807) is 0 Å². The van der Waals surface area contributed by atoms with E-state index in [0.717, 1.165) is 25.2 Å². The van der Waals surface area contributed by atoms with Gasteiger partial charge in [0.1, 0.15) is 5.60 Å². The lowest BCUT2D eigenvalue weighted by molar-refractivity contribution is 0.0254. The standard InChI is InChI=1S/C18H32N2O/c1-3-5-13-20(14-6-4-2)15-12-18(21,16-19)17-10-8-7-9-11-17/h7-11,21H,3-6,12-16,19H2,1-2H3. The topological polar surface area (TPSA) is 49.5 Å². The molecule has 1 aromatic carbocycles. The van der Waals surface area contributed by atoms with Gasteiger partial charge in [-0.3, -0.25) is 0 Å². The Bertz CT molecular complexity index is 361. The molecule has 0 bridgehead atoms. The zero-order valence-electron chi connectivity index (χ0n) is 13.7. The van der Waals surface area contributed by atoms with Crippen LogP contribution in [0, 0.1) is 0 Å². The van der Waals surface area contributed by atoms with Crippen molar-refractivity contribution in [1.82, 2.24) is 4.90 Å². The third-order valence-corrected chi connectivity index (χ3v) is 4.15. The minimum absolute atomic E-state index is 0.270. The summed E-state index contributed by atoms with van der Waals surface area (Å²) in [4.78, 5) is 2.47. The first kappa shape index (κ1) is 18.1. The quantitative estimate of drug-likeness (QED) is 0.659. The Hall–Kier alpha value is -0.900. The van der Waals surface area contributed by atoms with Crippen molar-refractivity contribution >= 4 is 0 Å². The summed E-state index contributed by atoms with van der Waals surface area (Å²) in [7, 11) is 0. The molecule has 0 heterocycles. The van der Waals surface area contributed by atoms with Crippen LogP contribution in [0.2, 0.25) is 0 Å². The van der Waals surface area contributed by atoms with Crippen LogP contribution < -0.4 is 5.73 Å². The Morgan fingerprint density at radius 3 is 2.05 bits per heavy atom. The predicted octanol–water partition coefficient (Wildman–Crippen LogP) is 3.13. The van der Waals surface area contributed by atoms with Crippen molar-refractivity contribution in [1.29, 1.82) is 0 Å². The highest BCUT2D eigenvalue weighted by Crippen LogP contribution is 2.24. The second-order valence-electron chi connectivity index (χ2n) is 5.90. The van der Waals surface area contributed by atoms with Gasteiger partial charge in [0, 0.05) is 13.1 Å². The average Bonchev–Trinajstić information content (AvgIpc) is 2.54. The maximum absolute atomic E-state index is 10.8. The van der Waals surface area contributed by atoms with Gasteiger partial charge < -0.3 is 15.7 Å². The Kier molecular flexibility index (Phi) is 8.58. The molecule has 0 amide bonds. The summed E-state index contributed by atoms with van der Waals surface area (Å²) in [5.41, 5.74) is 5.88. The van der Waals surface area contributed by atoms with E-state index in [0.29, 0.717) is 6.42 Å². The molecular formula is C18H32N2O. The fourth-order valence-corrected chi connectivity index (χ4v) is 2.55. The molecule has 21 heavy (non-hydrogen) atoms. The molecule has 1 unspecified atom stereocenters. The van der Waals surface area contributed by atoms with Crippen molar-refractivity contribution in [2.45, 2.75) is 51.6 Å². The van der Waals surface area contributed by atoms with E-state index in [9.17, 15) is 5.11 Å². The van der Waals surface area contributed by atoms with Gasteiger partial charge in [0.15, 0.2) is 0 Å². The van der Waals surface area contributed by atoms with E-state index < -0.39 is 5.60 Å². The molecule has 1 rings (SSSR count). The third kappa shape index (κ3) is 6.16. The number of rotatable bonds is 11. The maximum Gasteiger partial charge on any atom is 0.103 e. The molecule has 0 aliphatic rings. The molecule has 0 saturated carbocycles. The summed E-state index contributed by atoms with van der Waals surface area (Å²) in [6.45, 7) is 7.85. The highest BCUT2D eigenvalue weighted by atomic mass is 16.3. The van der Waals surface area contributed by atoms with E-state index in [4.69, 9.17) is 5.73 Å². The van der Waals surface area contributed by atoms with Gasteiger partial charge in [-0.2, -0.15) is 0 Å². The molecule has 3 N–H and O–H groups in total. The van der Waals surface area contributed by atoms with Gasteiger partial charge >= 0.3 is 0 Å². The Morgan fingerprint density at radius 2 is 1.57 bits per heavy atom. The number of nitrogens with zero attached hydrogens (tertiary/aromatic N) is 1. The van der Waals surface area contributed by atoms with E-state index >= 15 is 0 Å². The monoisotopic (exact) mass is 292 g/mol. The molecule has 3 heteroatoms. The van der Waals surface area contributed by atoms with Crippen molar-refractivity contribution < 1.29 is 5.11 Å². The number of benzene rings is 1. The summed E-state index contributed by atoms with van der Waals surface area (Å²) >= 11 is 0. The van der Waals surface area contributed by atoms with Gasteiger partial charge in [0.25, 0.3) is 0 Å². The van der Waals surface area contributed by atoms with E-state index in [-0.39, 0.29) is 6.54 Å². The molecule has 0 radical (unpaired) electrons. The SMILES string of the molecule is CCCCN(CCCC)CCC(O)(CN)c1ccccc1. The van der Waals surface area contributed by atoms with Gasteiger partial charge in [-0.05, 0) is 37.9 Å². The van der Waals surface area contributed by atoms with Crippen LogP contribution in [0.15, 0.2) is 30.3 Å². The van der Waals surface area contributed by atoms with Gasteiger partial charge in [-0.25, -0.2) is 0 Å². The van der Waals surface area contributed by atoms with Crippen molar-refractivity contribution in [2.24, 2.45) is 5.73 Å². The number of hydrogen-bond donors (Lipinski definition) is 2. The van der Waals surface area contributed by atoms with Crippen LogP contribution in [0.5, 0.6) is 0 Å². The maximum atomic E-state index is 10.8. The van der Waals surface area contributed by atoms with E-state index in [1.807, 2.05) is 30.3 Å². The highest BCUT2D eigenvalue weighted by molar-refractivity contribution is 5.22. The van der Waals surface area contributed by atoms with Crippen LogP contribution in [0.25, 0.3) is 0 Å². The van der Waals surface area contributed by atoms with Gasteiger partial charge in [0.2, 0.25) is 0 Å². The fraction of sp³-hybridized carbons (Fsp3) is 0.667. The summed E-state index contributed by atoms with van der Waals surface area (Å²) in [5, 5.41) is 10.8. The molecule has 3 nitrogen and oxygen atoms in total. The highest BCUT2D eigenvalue weighted by Gasteiger charge is 2.27. The summed E-state index contributed by atoms with van der Waals surface area (Å²) in [6, 6.07) is 9.82. The molecule has 0 saturated heterocycles. The Balaban J connectivity index is 2.61. The molecular weight excluding hydrogens is 260 g/mol.